The molecule has 0 bridgehead atoms. The van der Waals surface area contributed by atoms with E-state index >= 15 is 0 Å². The van der Waals surface area contributed by atoms with Crippen LogP contribution in [-0.4, -0.2) is 10.1 Å². The van der Waals surface area contributed by atoms with Crippen LogP contribution >= 0.6 is 0 Å². The summed E-state index contributed by atoms with van der Waals surface area (Å²) in [5.74, 6) is 0. The summed E-state index contributed by atoms with van der Waals surface area (Å²) in [6.45, 7) is 1.68. The minimum absolute atomic E-state index is 0.177. The van der Waals surface area contributed by atoms with E-state index in [1.807, 2.05) is 13.0 Å². The lowest BCUT2D eigenvalue weighted by atomic mass is 10.2. The number of pyridine rings is 1. The molecule has 0 unspecified atom stereocenters. The predicted octanol–water partition coefficient (Wildman–Crippen LogP) is 0.754. The molecule has 11 heavy (non-hydrogen) atoms. The lowest BCUT2D eigenvalue weighted by molar-refractivity contribution is 0.276. The molecule has 0 radical (unpaired) electrons. The van der Waals surface area contributed by atoms with Gasteiger partial charge in [0, 0.05) is 6.20 Å². The zero-order valence-corrected chi connectivity index (χ0v) is 6.20. The number of hydrogen-bond donors (Lipinski definition) is 1. The standard InChI is InChI=1S/C8H8N2O/c1-6-2-7(3-9)8(5-11)10-4-6/h2,4,11H,5H2,1H3. The Balaban J connectivity index is 3.19. The van der Waals surface area contributed by atoms with Crippen LogP contribution in [0.4, 0.5) is 0 Å². The van der Waals surface area contributed by atoms with Gasteiger partial charge in [-0.3, -0.25) is 4.98 Å². The zero-order chi connectivity index (χ0) is 8.27. The van der Waals surface area contributed by atoms with Crippen molar-refractivity contribution in [1.29, 1.82) is 5.26 Å². The summed E-state index contributed by atoms with van der Waals surface area (Å²) >= 11 is 0. The molecule has 1 aromatic rings. The van der Waals surface area contributed by atoms with Crippen LogP contribution in [0.15, 0.2) is 12.3 Å². The Hall–Kier alpha value is -1.40. The maximum absolute atomic E-state index is 8.73. The molecule has 56 valence electrons. The minimum Gasteiger partial charge on any atom is -0.390 e. The molecule has 0 spiro atoms. The van der Waals surface area contributed by atoms with Gasteiger partial charge in [-0.15, -0.1) is 0 Å². The maximum atomic E-state index is 8.73. The van der Waals surface area contributed by atoms with Crippen molar-refractivity contribution in [3.05, 3.63) is 29.1 Å². The normalized spacial score (nSPS) is 9.18. The molecule has 1 N–H and O–H groups in total. The largest absolute Gasteiger partial charge is 0.390 e. The van der Waals surface area contributed by atoms with Gasteiger partial charge in [0.25, 0.3) is 0 Å². The number of aliphatic hydroxyl groups excluding tert-OH is 1. The van der Waals surface area contributed by atoms with Gasteiger partial charge >= 0.3 is 0 Å². The highest BCUT2D eigenvalue weighted by molar-refractivity contribution is 5.34. The topological polar surface area (TPSA) is 56.9 Å². The van der Waals surface area contributed by atoms with E-state index < -0.39 is 0 Å². The fraction of sp³-hybridized carbons (Fsp3) is 0.250. The van der Waals surface area contributed by atoms with Crippen molar-refractivity contribution in [2.45, 2.75) is 13.5 Å². The van der Waals surface area contributed by atoms with Crippen LogP contribution in [0.3, 0.4) is 0 Å². The van der Waals surface area contributed by atoms with Gasteiger partial charge in [0.2, 0.25) is 0 Å². The van der Waals surface area contributed by atoms with Gasteiger partial charge in [0.15, 0.2) is 0 Å². The second-order valence-electron chi connectivity index (χ2n) is 2.28. The van der Waals surface area contributed by atoms with Crippen LogP contribution in [0.5, 0.6) is 0 Å². The van der Waals surface area contributed by atoms with E-state index in [2.05, 4.69) is 4.98 Å². The molecule has 0 fully saturated rings. The van der Waals surface area contributed by atoms with Crippen LogP contribution in [0.25, 0.3) is 0 Å². The van der Waals surface area contributed by atoms with Gasteiger partial charge in [-0.25, -0.2) is 0 Å². The molecular weight excluding hydrogens is 140 g/mol. The van der Waals surface area contributed by atoms with E-state index in [0.29, 0.717) is 11.3 Å². The number of aryl methyl sites for hydroxylation is 1. The summed E-state index contributed by atoms with van der Waals surface area (Å²) in [6, 6.07) is 3.67. The van der Waals surface area contributed by atoms with Crippen molar-refractivity contribution in [3.8, 4) is 6.07 Å². The first-order chi connectivity index (χ1) is 5.27. The quantitative estimate of drug-likeness (QED) is 0.639. The fourth-order valence-electron chi connectivity index (χ4n) is 0.820. The number of aromatic nitrogens is 1. The molecule has 1 heterocycles. The summed E-state index contributed by atoms with van der Waals surface area (Å²) < 4.78 is 0. The highest BCUT2D eigenvalue weighted by Gasteiger charge is 2.00. The predicted molar refractivity (Wildman–Crippen MR) is 39.6 cm³/mol. The molecule has 0 atom stereocenters. The molecule has 0 aromatic carbocycles. The van der Waals surface area contributed by atoms with Gasteiger partial charge in [0.05, 0.1) is 17.9 Å². The molecule has 0 saturated carbocycles. The summed E-state index contributed by atoms with van der Waals surface area (Å²) in [4.78, 5) is 3.90. The van der Waals surface area contributed by atoms with Crippen LogP contribution < -0.4 is 0 Å². The SMILES string of the molecule is Cc1cnc(CO)c(C#N)c1. The van der Waals surface area contributed by atoms with Gasteiger partial charge in [-0.05, 0) is 18.6 Å². The highest BCUT2D eigenvalue weighted by Crippen LogP contribution is 2.06. The zero-order valence-electron chi connectivity index (χ0n) is 6.20. The number of nitriles is 1. The van der Waals surface area contributed by atoms with Crippen LogP contribution in [0, 0.1) is 18.3 Å². The molecular formula is C8H8N2O. The molecule has 0 saturated heterocycles. The summed E-state index contributed by atoms with van der Waals surface area (Å²) in [7, 11) is 0. The number of hydrogen-bond acceptors (Lipinski definition) is 3. The fourth-order valence-corrected chi connectivity index (χ4v) is 0.820. The molecule has 0 aliphatic heterocycles. The van der Waals surface area contributed by atoms with Crippen molar-refractivity contribution in [1.82, 2.24) is 4.98 Å². The van der Waals surface area contributed by atoms with Crippen LogP contribution in [0.1, 0.15) is 16.8 Å². The third-order valence-electron chi connectivity index (χ3n) is 1.38. The lowest BCUT2D eigenvalue weighted by Crippen LogP contribution is -1.94. The third-order valence-corrected chi connectivity index (χ3v) is 1.38. The Morgan fingerprint density at radius 3 is 3.00 bits per heavy atom. The van der Waals surface area contributed by atoms with E-state index in [9.17, 15) is 0 Å². The monoisotopic (exact) mass is 148 g/mol. The molecule has 3 nitrogen and oxygen atoms in total. The van der Waals surface area contributed by atoms with Crippen molar-refractivity contribution in [3.63, 3.8) is 0 Å². The minimum atomic E-state index is -0.177. The van der Waals surface area contributed by atoms with Gasteiger partial charge in [-0.1, -0.05) is 0 Å². The Morgan fingerprint density at radius 1 is 1.73 bits per heavy atom. The van der Waals surface area contributed by atoms with Crippen molar-refractivity contribution >= 4 is 0 Å². The number of aliphatic hydroxyl groups is 1. The average Bonchev–Trinajstić information content (AvgIpc) is 2.04. The number of nitrogens with zero attached hydrogens (tertiary/aromatic N) is 2. The Labute approximate surface area is 64.9 Å². The number of rotatable bonds is 1. The van der Waals surface area contributed by atoms with E-state index in [-0.39, 0.29) is 6.61 Å². The summed E-state index contributed by atoms with van der Waals surface area (Å²) in [5, 5.41) is 17.3. The highest BCUT2D eigenvalue weighted by atomic mass is 16.3. The lowest BCUT2D eigenvalue weighted by Gasteiger charge is -1.98. The van der Waals surface area contributed by atoms with Crippen LogP contribution in [-0.2, 0) is 6.61 Å². The Morgan fingerprint density at radius 2 is 2.45 bits per heavy atom. The van der Waals surface area contributed by atoms with Gasteiger partial charge in [-0.2, -0.15) is 5.26 Å². The molecule has 3 heteroatoms. The van der Waals surface area contributed by atoms with Crippen molar-refractivity contribution < 1.29 is 5.11 Å². The van der Waals surface area contributed by atoms with E-state index in [4.69, 9.17) is 10.4 Å². The third kappa shape index (κ3) is 1.54. The molecule has 1 rings (SSSR count). The molecule has 1 aromatic heterocycles. The Bertz CT molecular complexity index is 301. The first-order valence-corrected chi connectivity index (χ1v) is 3.24. The van der Waals surface area contributed by atoms with Gasteiger partial charge in [0.1, 0.15) is 6.07 Å². The van der Waals surface area contributed by atoms with E-state index in [1.165, 1.54) is 0 Å². The first-order valence-electron chi connectivity index (χ1n) is 3.24. The smallest absolute Gasteiger partial charge is 0.101 e. The maximum Gasteiger partial charge on any atom is 0.101 e. The van der Waals surface area contributed by atoms with E-state index in [1.54, 1.807) is 12.3 Å². The molecule has 0 aliphatic rings. The van der Waals surface area contributed by atoms with E-state index in [0.717, 1.165) is 5.56 Å². The van der Waals surface area contributed by atoms with Crippen molar-refractivity contribution in [2.24, 2.45) is 0 Å². The molecule has 0 aliphatic carbocycles. The summed E-state index contributed by atoms with van der Waals surface area (Å²) in [5.41, 5.74) is 1.82. The van der Waals surface area contributed by atoms with Crippen molar-refractivity contribution in [2.75, 3.05) is 0 Å². The second kappa shape index (κ2) is 3.13. The first kappa shape index (κ1) is 7.70. The second-order valence-corrected chi connectivity index (χ2v) is 2.28. The van der Waals surface area contributed by atoms with Gasteiger partial charge < -0.3 is 5.11 Å². The molecule has 0 amide bonds. The summed E-state index contributed by atoms with van der Waals surface area (Å²) in [6.07, 6.45) is 1.63. The average molecular weight is 148 g/mol. The van der Waals surface area contributed by atoms with Crippen LogP contribution in [0.2, 0.25) is 0 Å². The Kier molecular flexibility index (Phi) is 2.19.